The largest absolute Gasteiger partial charge is 0.472 e. The number of phosphoric ester groups is 1. The minimum absolute atomic E-state index is 0.271. The van der Waals surface area contributed by atoms with E-state index in [9.17, 15) is 19.4 Å². The van der Waals surface area contributed by atoms with E-state index >= 15 is 0 Å². The van der Waals surface area contributed by atoms with E-state index in [4.69, 9.17) is 14.9 Å². The maximum Gasteiger partial charge on any atom is 0.472 e. The van der Waals surface area contributed by atoms with Crippen molar-refractivity contribution in [3.8, 4) is 0 Å². The molecule has 3 atom stereocenters. The molecule has 0 bridgehead atoms. The molecule has 0 fully saturated rings. The monoisotopic (exact) mass is 568 g/mol. The first-order valence-electron chi connectivity index (χ1n) is 15.0. The third-order valence-corrected chi connectivity index (χ3v) is 7.44. The fourth-order valence-corrected chi connectivity index (χ4v) is 4.90. The fourth-order valence-electron chi connectivity index (χ4n) is 4.11. The van der Waals surface area contributed by atoms with Crippen LogP contribution in [0, 0.1) is 0 Å². The molecule has 0 rings (SSSR count). The summed E-state index contributed by atoms with van der Waals surface area (Å²) in [5.41, 5.74) is 0. The Bertz CT molecular complexity index is 577. The number of aliphatic hydroxyl groups excluding tert-OH is 3. The number of ether oxygens (including phenoxy) is 1. The summed E-state index contributed by atoms with van der Waals surface area (Å²) in [4.78, 5) is 21.2. The normalized spacial score (nSPS) is 14.8. The summed E-state index contributed by atoms with van der Waals surface area (Å²) in [6.07, 6.45) is 22.2. The number of aliphatic hydroxyl groups is 3. The molecule has 0 aliphatic heterocycles. The van der Waals surface area contributed by atoms with Gasteiger partial charge in [0, 0.05) is 6.42 Å². The van der Waals surface area contributed by atoms with Crippen LogP contribution in [-0.2, 0) is 23.1 Å². The summed E-state index contributed by atoms with van der Waals surface area (Å²) < 4.78 is 25.6. The molecule has 0 radical (unpaired) electrons. The molecule has 1 unspecified atom stereocenters. The first-order chi connectivity index (χ1) is 18.3. The Hall–Kier alpha value is -0.540. The average molecular weight is 569 g/mol. The van der Waals surface area contributed by atoms with Gasteiger partial charge in [-0.2, -0.15) is 0 Å². The SMILES string of the molecule is CCCCCCCCCCCCCCCCCCCCCC(=O)OC[C@@H](O)COP(=O)(O)OC[C@@H](O)CO. The van der Waals surface area contributed by atoms with E-state index in [-0.39, 0.29) is 13.0 Å². The summed E-state index contributed by atoms with van der Waals surface area (Å²) in [5, 5.41) is 27.5. The van der Waals surface area contributed by atoms with E-state index in [1.807, 2.05) is 0 Å². The van der Waals surface area contributed by atoms with Crippen molar-refractivity contribution < 1.29 is 43.4 Å². The van der Waals surface area contributed by atoms with Crippen molar-refractivity contribution in [1.29, 1.82) is 0 Å². The quantitative estimate of drug-likeness (QED) is 0.0471. The van der Waals surface area contributed by atoms with Crippen molar-refractivity contribution in [1.82, 2.24) is 0 Å². The van der Waals surface area contributed by atoms with E-state index in [1.54, 1.807) is 0 Å². The van der Waals surface area contributed by atoms with Gasteiger partial charge in [-0.05, 0) is 6.42 Å². The zero-order chi connectivity index (χ0) is 28.3. The second-order valence-electron chi connectivity index (χ2n) is 10.3. The summed E-state index contributed by atoms with van der Waals surface area (Å²) >= 11 is 0. The summed E-state index contributed by atoms with van der Waals surface area (Å²) in [6.45, 7) is 0.126. The minimum atomic E-state index is -4.48. The van der Waals surface area contributed by atoms with Crippen LogP contribution in [0.5, 0.6) is 0 Å². The number of carbonyl (C=O) groups is 1. The van der Waals surface area contributed by atoms with Crippen LogP contribution in [0.15, 0.2) is 0 Å². The Kier molecular flexibility index (Phi) is 26.3. The molecule has 0 saturated heterocycles. The van der Waals surface area contributed by atoms with Gasteiger partial charge < -0.3 is 24.9 Å². The lowest BCUT2D eigenvalue weighted by atomic mass is 10.0. The number of esters is 1. The molecule has 0 amide bonds. The van der Waals surface area contributed by atoms with Gasteiger partial charge in [0.25, 0.3) is 0 Å². The molecule has 0 saturated carbocycles. The standard InChI is InChI=1S/C28H57O9P/c1-2-3-4-5-6-7-8-9-10-11-12-13-14-15-16-17-18-19-20-21-28(32)35-23-27(31)25-37-38(33,34)36-24-26(30)22-29/h26-27,29-31H,2-25H2,1H3,(H,33,34)/t26-,27+/m0/s1. The molecule has 0 heterocycles. The summed E-state index contributed by atoms with van der Waals surface area (Å²) in [5.74, 6) is -0.425. The van der Waals surface area contributed by atoms with Crippen LogP contribution in [-0.4, -0.2) is 64.8 Å². The minimum Gasteiger partial charge on any atom is -0.463 e. The molecular weight excluding hydrogens is 511 g/mol. The van der Waals surface area contributed by atoms with Crippen molar-refractivity contribution in [3.63, 3.8) is 0 Å². The molecule has 0 aromatic rings. The van der Waals surface area contributed by atoms with Gasteiger partial charge in [-0.1, -0.05) is 122 Å². The Morgan fingerprint density at radius 3 is 1.39 bits per heavy atom. The van der Waals surface area contributed by atoms with Crippen molar-refractivity contribution >= 4 is 13.8 Å². The number of carbonyl (C=O) groups excluding carboxylic acids is 1. The van der Waals surface area contributed by atoms with Crippen molar-refractivity contribution in [2.45, 2.75) is 148 Å². The van der Waals surface area contributed by atoms with Gasteiger partial charge >= 0.3 is 13.8 Å². The molecule has 38 heavy (non-hydrogen) atoms. The first kappa shape index (κ1) is 37.5. The number of phosphoric acid groups is 1. The van der Waals surface area contributed by atoms with Gasteiger partial charge in [-0.3, -0.25) is 13.8 Å². The van der Waals surface area contributed by atoms with Crippen molar-refractivity contribution in [2.75, 3.05) is 26.4 Å². The smallest absolute Gasteiger partial charge is 0.463 e. The molecule has 0 aromatic heterocycles. The van der Waals surface area contributed by atoms with Crippen LogP contribution in [0.4, 0.5) is 0 Å². The second kappa shape index (κ2) is 26.7. The third kappa shape index (κ3) is 27.0. The molecule has 4 N–H and O–H groups in total. The molecule has 0 aliphatic carbocycles. The number of hydrogen-bond donors (Lipinski definition) is 4. The fraction of sp³-hybridized carbons (Fsp3) is 0.964. The number of unbranched alkanes of at least 4 members (excludes halogenated alkanes) is 18. The lowest BCUT2D eigenvalue weighted by molar-refractivity contribution is -0.147. The summed E-state index contributed by atoms with van der Waals surface area (Å²) in [7, 11) is -4.48. The average Bonchev–Trinajstić information content (AvgIpc) is 2.90. The zero-order valence-corrected chi connectivity index (χ0v) is 24.8. The Labute approximate surface area is 231 Å². The van der Waals surface area contributed by atoms with Crippen LogP contribution in [0.25, 0.3) is 0 Å². The number of hydrogen-bond acceptors (Lipinski definition) is 8. The van der Waals surface area contributed by atoms with Crippen molar-refractivity contribution in [3.05, 3.63) is 0 Å². The first-order valence-corrected chi connectivity index (χ1v) is 16.5. The van der Waals surface area contributed by atoms with E-state index in [0.29, 0.717) is 0 Å². The molecule has 0 aliphatic rings. The van der Waals surface area contributed by atoms with E-state index < -0.39 is 45.8 Å². The molecule has 9 nitrogen and oxygen atoms in total. The van der Waals surface area contributed by atoms with Gasteiger partial charge in [0.2, 0.25) is 0 Å². The highest BCUT2D eigenvalue weighted by Gasteiger charge is 2.24. The highest BCUT2D eigenvalue weighted by Crippen LogP contribution is 2.43. The molecule has 0 aromatic carbocycles. The van der Waals surface area contributed by atoms with Crippen molar-refractivity contribution in [2.24, 2.45) is 0 Å². The van der Waals surface area contributed by atoms with Gasteiger partial charge in [-0.25, -0.2) is 4.57 Å². The van der Waals surface area contributed by atoms with Crippen LogP contribution in [0.2, 0.25) is 0 Å². The van der Waals surface area contributed by atoms with Gasteiger partial charge in [0.1, 0.15) is 18.8 Å². The lowest BCUT2D eigenvalue weighted by Crippen LogP contribution is -2.24. The summed E-state index contributed by atoms with van der Waals surface area (Å²) in [6, 6.07) is 0. The molecule has 0 spiro atoms. The van der Waals surface area contributed by atoms with E-state index in [1.165, 1.54) is 103 Å². The van der Waals surface area contributed by atoms with Gasteiger partial charge in [0.15, 0.2) is 0 Å². The zero-order valence-electron chi connectivity index (χ0n) is 23.9. The Morgan fingerprint density at radius 2 is 1.00 bits per heavy atom. The van der Waals surface area contributed by atoms with Crippen LogP contribution in [0.3, 0.4) is 0 Å². The Morgan fingerprint density at radius 1 is 0.632 bits per heavy atom. The van der Waals surface area contributed by atoms with E-state index in [2.05, 4.69) is 16.0 Å². The maximum atomic E-state index is 11.8. The highest BCUT2D eigenvalue weighted by atomic mass is 31.2. The lowest BCUT2D eigenvalue weighted by Gasteiger charge is -2.16. The van der Waals surface area contributed by atoms with Crippen LogP contribution >= 0.6 is 7.82 Å². The predicted octanol–water partition coefficient (Wildman–Crippen LogP) is 6.20. The maximum absolute atomic E-state index is 11.8. The topological polar surface area (TPSA) is 143 Å². The van der Waals surface area contributed by atoms with E-state index in [0.717, 1.165) is 19.3 Å². The highest BCUT2D eigenvalue weighted by molar-refractivity contribution is 7.47. The van der Waals surface area contributed by atoms with Crippen LogP contribution in [0.1, 0.15) is 135 Å². The number of rotatable bonds is 29. The van der Waals surface area contributed by atoms with Crippen LogP contribution < -0.4 is 0 Å². The predicted molar refractivity (Wildman–Crippen MR) is 150 cm³/mol. The van der Waals surface area contributed by atoms with Gasteiger partial charge in [-0.15, -0.1) is 0 Å². The molecule has 228 valence electrons. The van der Waals surface area contributed by atoms with Gasteiger partial charge in [0.05, 0.1) is 19.8 Å². The molecule has 10 heteroatoms. The molecular formula is C28H57O9P. The third-order valence-electron chi connectivity index (χ3n) is 6.49. The second-order valence-corrected chi connectivity index (χ2v) is 11.8. The Balaban J connectivity index is 3.42.